The number of aromatic hydroxyl groups is 1. The van der Waals surface area contributed by atoms with Crippen LogP contribution in [-0.4, -0.2) is 48.8 Å². The van der Waals surface area contributed by atoms with Crippen LogP contribution >= 0.6 is 31.9 Å². The lowest BCUT2D eigenvalue weighted by Crippen LogP contribution is -2.30. The van der Waals surface area contributed by atoms with Gasteiger partial charge in [0, 0.05) is 17.3 Å². The third-order valence-electron chi connectivity index (χ3n) is 4.66. The van der Waals surface area contributed by atoms with Crippen molar-refractivity contribution in [3.05, 3.63) is 68.4 Å². The number of phenolic OH excluding ortho intramolecular Hbond substituents is 1. The molecule has 0 fully saturated rings. The van der Waals surface area contributed by atoms with E-state index in [4.69, 9.17) is 14.2 Å². The summed E-state index contributed by atoms with van der Waals surface area (Å²) in [6.45, 7) is 3.74. The van der Waals surface area contributed by atoms with Gasteiger partial charge in [-0.15, -0.1) is 0 Å². The van der Waals surface area contributed by atoms with E-state index in [9.17, 15) is 36.3 Å². The molecule has 0 unspecified atom stereocenters. The van der Waals surface area contributed by atoms with Crippen LogP contribution < -0.4 is 14.2 Å². The molecule has 3 aromatic rings. The second-order valence-electron chi connectivity index (χ2n) is 7.32. The molecular formula is C24H22Br2F3NO8S. The van der Waals surface area contributed by atoms with Crippen molar-refractivity contribution in [2.45, 2.75) is 26.0 Å². The summed E-state index contributed by atoms with van der Waals surface area (Å²) in [7, 11) is -5.56. The van der Waals surface area contributed by atoms with Gasteiger partial charge in [-0.2, -0.15) is 21.6 Å². The van der Waals surface area contributed by atoms with Crippen molar-refractivity contribution in [2.75, 3.05) is 13.2 Å². The van der Waals surface area contributed by atoms with Gasteiger partial charge >= 0.3 is 15.5 Å². The van der Waals surface area contributed by atoms with Crippen LogP contribution in [0.25, 0.3) is 0 Å². The monoisotopic (exact) mass is 699 g/mol. The molecule has 0 atom stereocenters. The molecule has 0 radical (unpaired) electrons. The predicted molar refractivity (Wildman–Crippen MR) is 142 cm³/mol. The number of aldehydes is 2. The molecular weight excluding hydrogens is 679 g/mol. The quantitative estimate of drug-likeness (QED) is 0.252. The largest absolute Gasteiger partial charge is 0.517 e. The van der Waals surface area contributed by atoms with Crippen molar-refractivity contribution < 1.29 is 50.5 Å². The summed E-state index contributed by atoms with van der Waals surface area (Å²) in [5.41, 5.74) is -4.90. The fourth-order valence-electron chi connectivity index (χ4n) is 2.99. The summed E-state index contributed by atoms with van der Waals surface area (Å²) in [6, 6.07) is 8.23. The molecule has 0 aliphatic carbocycles. The Morgan fingerprint density at radius 2 is 1.46 bits per heavy atom. The molecule has 212 valence electrons. The van der Waals surface area contributed by atoms with Crippen molar-refractivity contribution in [2.24, 2.45) is 0 Å². The molecule has 0 aliphatic rings. The molecule has 0 saturated heterocycles. The Morgan fingerprint density at radius 1 is 0.923 bits per heavy atom. The summed E-state index contributed by atoms with van der Waals surface area (Å²) >= 11 is 6.31. The first-order valence-electron chi connectivity index (χ1n) is 10.9. The third-order valence-corrected chi connectivity index (χ3v) is 7.32. The Bertz CT molecular complexity index is 1430. The summed E-state index contributed by atoms with van der Waals surface area (Å²) in [6.07, 6.45) is 2.08. The normalized spacial score (nSPS) is 11.3. The number of rotatable bonds is 10. The van der Waals surface area contributed by atoms with Gasteiger partial charge in [-0.1, -0.05) is 0 Å². The number of benzene rings is 2. The highest BCUT2D eigenvalue weighted by Crippen LogP contribution is 2.38. The molecule has 1 aromatic heterocycles. The van der Waals surface area contributed by atoms with E-state index in [1.54, 1.807) is 13.8 Å². The van der Waals surface area contributed by atoms with Crippen LogP contribution in [0.2, 0.25) is 0 Å². The lowest BCUT2D eigenvalue weighted by Gasteiger charge is -2.16. The van der Waals surface area contributed by atoms with Crippen LogP contribution in [0.5, 0.6) is 23.0 Å². The molecule has 3 rings (SSSR count). The highest BCUT2D eigenvalue weighted by atomic mass is 79.9. The first-order valence-corrected chi connectivity index (χ1v) is 14.0. The summed E-state index contributed by atoms with van der Waals surface area (Å²) in [5, 5.41) is 9.46. The zero-order chi connectivity index (χ0) is 29.4. The number of aromatic nitrogens is 1. The average molecular weight is 701 g/mol. The van der Waals surface area contributed by atoms with E-state index in [1.165, 1.54) is 30.3 Å². The number of hydrogen-bond donors (Lipinski definition) is 1. The molecule has 15 heteroatoms. The van der Waals surface area contributed by atoms with Crippen LogP contribution in [0.1, 0.15) is 40.3 Å². The lowest BCUT2D eigenvalue weighted by molar-refractivity contribution is -0.0447. The summed E-state index contributed by atoms with van der Waals surface area (Å²) in [4.78, 5) is 21.4. The van der Waals surface area contributed by atoms with Gasteiger partial charge in [0.25, 0.3) is 0 Å². The van der Waals surface area contributed by atoms with E-state index < -0.39 is 22.1 Å². The molecule has 0 saturated carbocycles. The number of nitrogens with zero attached hydrogens (tertiary/aromatic N) is 1. The van der Waals surface area contributed by atoms with Crippen LogP contribution in [0.4, 0.5) is 13.2 Å². The molecule has 1 N–H and O–H groups in total. The van der Waals surface area contributed by atoms with Gasteiger partial charge in [0.2, 0.25) is 0 Å². The maximum atomic E-state index is 12.7. The van der Waals surface area contributed by atoms with Crippen molar-refractivity contribution >= 4 is 54.5 Å². The number of carbonyl (C=O) groups excluding carboxylic acids is 2. The first-order chi connectivity index (χ1) is 18.3. The van der Waals surface area contributed by atoms with E-state index in [2.05, 4.69) is 31.9 Å². The van der Waals surface area contributed by atoms with Crippen molar-refractivity contribution in [3.63, 3.8) is 0 Å². The zero-order valence-corrected chi connectivity index (χ0v) is 24.4. The Labute approximate surface area is 238 Å². The van der Waals surface area contributed by atoms with Crippen LogP contribution in [0, 0.1) is 0 Å². The number of ether oxygens (including phenoxy) is 3. The molecule has 9 nitrogen and oxygen atoms in total. The van der Waals surface area contributed by atoms with Gasteiger partial charge < -0.3 is 19.3 Å². The SMILES string of the molecule is CCOc1cc(C=O)cc(Br)c1O.CCOc1cc(C=O)cc(Br)c1OCc1cccn1S(=O)(=O)C(F)(F)F. The fourth-order valence-corrected chi connectivity index (χ4v) is 4.90. The minimum absolute atomic E-state index is 0.0208. The first kappa shape index (κ1) is 32.2. The summed E-state index contributed by atoms with van der Waals surface area (Å²) in [5.74, 6) is 0.668. The van der Waals surface area contributed by atoms with Gasteiger partial charge in [-0.05, 0) is 82.1 Å². The highest BCUT2D eigenvalue weighted by molar-refractivity contribution is 9.11. The summed E-state index contributed by atoms with van der Waals surface area (Å²) < 4.78 is 78.2. The van der Waals surface area contributed by atoms with E-state index in [0.717, 1.165) is 12.3 Å². The predicted octanol–water partition coefficient (Wildman–Crippen LogP) is 6.10. The topological polar surface area (TPSA) is 121 Å². The minimum atomic E-state index is -5.56. The average Bonchev–Trinajstić information content (AvgIpc) is 3.35. The van der Waals surface area contributed by atoms with E-state index >= 15 is 0 Å². The lowest BCUT2D eigenvalue weighted by atomic mass is 10.2. The second kappa shape index (κ2) is 13.8. The van der Waals surface area contributed by atoms with Crippen molar-refractivity contribution in [3.8, 4) is 23.0 Å². The third kappa shape index (κ3) is 7.99. The molecule has 2 aromatic carbocycles. The fraction of sp³-hybridized carbons (Fsp3) is 0.250. The van der Waals surface area contributed by atoms with Crippen LogP contribution in [-0.2, 0) is 16.6 Å². The Kier molecular flexibility index (Phi) is 11.4. The van der Waals surface area contributed by atoms with Crippen LogP contribution in [0.3, 0.4) is 0 Å². The smallest absolute Gasteiger partial charge is 0.503 e. The number of halogens is 5. The van der Waals surface area contributed by atoms with Gasteiger partial charge in [0.1, 0.15) is 19.2 Å². The molecule has 0 bridgehead atoms. The Morgan fingerprint density at radius 3 is 2.00 bits per heavy atom. The second-order valence-corrected chi connectivity index (χ2v) is 10.8. The van der Waals surface area contributed by atoms with Crippen molar-refractivity contribution in [1.82, 2.24) is 3.97 Å². The number of hydrogen-bond acceptors (Lipinski definition) is 8. The van der Waals surface area contributed by atoms with Gasteiger partial charge in [-0.25, -0.2) is 3.97 Å². The molecule has 1 heterocycles. The number of phenols is 1. The Hall–Kier alpha value is -3.04. The number of alkyl halides is 3. The van der Waals surface area contributed by atoms with Gasteiger partial charge in [-0.3, -0.25) is 9.59 Å². The zero-order valence-electron chi connectivity index (χ0n) is 20.4. The van der Waals surface area contributed by atoms with E-state index in [1.807, 2.05) is 0 Å². The van der Waals surface area contributed by atoms with E-state index in [0.29, 0.717) is 45.0 Å². The highest BCUT2D eigenvalue weighted by Gasteiger charge is 2.47. The molecule has 39 heavy (non-hydrogen) atoms. The molecule has 0 spiro atoms. The van der Waals surface area contributed by atoms with Gasteiger partial charge in [0.15, 0.2) is 23.0 Å². The molecule has 0 aliphatic heterocycles. The van der Waals surface area contributed by atoms with Gasteiger partial charge in [0.05, 0.1) is 27.9 Å². The maximum Gasteiger partial charge on any atom is 0.517 e. The van der Waals surface area contributed by atoms with Crippen LogP contribution in [0.15, 0.2) is 51.5 Å². The standard InChI is InChI=1S/C15H13BrF3NO5S.C9H9BrO3/c1-2-24-13-7-10(8-21)6-12(16)14(13)25-9-11-4-3-5-20(11)26(22,23)15(17,18)19;1-2-13-8-4-6(5-11)3-7(10)9(8)12/h3-8H,2,9H2,1H3;3-5,12H,2H2,1H3. The number of carbonyl (C=O) groups is 2. The van der Waals surface area contributed by atoms with E-state index in [-0.39, 0.29) is 33.5 Å². The van der Waals surface area contributed by atoms with Crippen molar-refractivity contribution in [1.29, 1.82) is 0 Å². The minimum Gasteiger partial charge on any atom is -0.503 e. The molecule has 0 amide bonds. The Balaban J connectivity index is 0.000000344. The maximum absolute atomic E-state index is 12.7.